The average Bonchev–Trinajstić information content (AvgIpc) is 4.02. The molecule has 4 heterocycles. The minimum Gasteiger partial charge on any atom is -0.456 e. The minimum absolute atomic E-state index is 0.673. The number of fused-ring (bicyclic) bond motifs is 9. The first-order valence-corrected chi connectivity index (χ1v) is 21.3. The number of furan rings is 1. The van der Waals surface area contributed by atoms with Crippen molar-refractivity contribution in [2.45, 2.75) is 0 Å². The molecule has 0 aliphatic carbocycles. The van der Waals surface area contributed by atoms with E-state index in [1.54, 1.807) is 0 Å². The molecular weight excluding hydrogens is 769 g/mol. The van der Waals surface area contributed by atoms with Crippen LogP contribution in [0.1, 0.15) is 0 Å². The third kappa shape index (κ3) is 5.71. The minimum atomic E-state index is 0.673. The van der Waals surface area contributed by atoms with E-state index in [0.717, 1.165) is 72.5 Å². The lowest BCUT2D eigenvalue weighted by atomic mass is 10.00. The van der Waals surface area contributed by atoms with Crippen LogP contribution in [0, 0.1) is 0 Å². The first kappa shape index (κ1) is 35.2. The van der Waals surface area contributed by atoms with Gasteiger partial charge in [0.1, 0.15) is 11.2 Å². The normalized spacial score (nSPS) is 11.8. The molecule has 0 unspecified atom stereocenters. The number of nitrogens with zero attached hydrogens (tertiary/aromatic N) is 4. The molecule has 0 atom stereocenters. The monoisotopic (exact) mass is 804 g/mol. The molecule has 294 valence electrons. The number of hydrogen-bond acceptors (Lipinski definition) is 3. The van der Waals surface area contributed by atoms with Crippen LogP contribution in [0.4, 0.5) is 0 Å². The van der Waals surface area contributed by atoms with Gasteiger partial charge in [-0.05, 0) is 77.9 Å². The summed E-state index contributed by atoms with van der Waals surface area (Å²) in [5, 5.41) is 7.13. The fourth-order valence-electron chi connectivity index (χ4n) is 9.60. The number of hydrogen-bond donors (Lipinski definition) is 0. The van der Waals surface area contributed by atoms with Gasteiger partial charge in [0, 0.05) is 60.4 Å². The van der Waals surface area contributed by atoms with Gasteiger partial charge >= 0.3 is 0 Å². The molecule has 0 N–H and O–H groups in total. The molecule has 0 saturated heterocycles. The standard InChI is InChI=1S/C58H36N4O/c1-2-14-39(15-3-1)58-59-50(36-51(60-58)40-30-31-49-48-20-8-13-25-56(48)63-57(49)34-40)38-28-26-37(27-29-38)41-32-42(61-52-21-9-4-16-44(52)45-17-5-10-22-53(45)61)35-43(33-41)62-54-23-11-6-18-46(54)47-19-7-12-24-55(47)62/h1-36H. The second kappa shape index (κ2) is 14.0. The summed E-state index contributed by atoms with van der Waals surface area (Å²) in [6.07, 6.45) is 0. The maximum Gasteiger partial charge on any atom is 0.160 e. The van der Waals surface area contributed by atoms with Crippen molar-refractivity contribution in [1.82, 2.24) is 19.1 Å². The van der Waals surface area contributed by atoms with Gasteiger partial charge in [0.15, 0.2) is 5.82 Å². The highest BCUT2D eigenvalue weighted by molar-refractivity contribution is 6.11. The van der Waals surface area contributed by atoms with Crippen molar-refractivity contribution in [2.24, 2.45) is 0 Å². The zero-order chi connectivity index (χ0) is 41.4. The summed E-state index contributed by atoms with van der Waals surface area (Å²) < 4.78 is 11.1. The first-order valence-electron chi connectivity index (χ1n) is 21.3. The van der Waals surface area contributed by atoms with Crippen molar-refractivity contribution < 1.29 is 4.42 Å². The smallest absolute Gasteiger partial charge is 0.160 e. The molecule has 0 bridgehead atoms. The van der Waals surface area contributed by atoms with Crippen LogP contribution in [0.15, 0.2) is 223 Å². The van der Waals surface area contributed by atoms with Crippen LogP contribution in [-0.2, 0) is 0 Å². The number of para-hydroxylation sites is 5. The molecule has 0 aliphatic rings. The third-order valence-corrected chi connectivity index (χ3v) is 12.5. The van der Waals surface area contributed by atoms with Gasteiger partial charge in [-0.2, -0.15) is 0 Å². The summed E-state index contributed by atoms with van der Waals surface area (Å²) in [6, 6.07) is 77.5. The lowest BCUT2D eigenvalue weighted by molar-refractivity contribution is 0.669. The Hall–Kier alpha value is -8.54. The van der Waals surface area contributed by atoms with Gasteiger partial charge < -0.3 is 13.6 Å². The largest absolute Gasteiger partial charge is 0.456 e. The van der Waals surface area contributed by atoms with Crippen molar-refractivity contribution >= 4 is 65.6 Å². The van der Waals surface area contributed by atoms with Gasteiger partial charge in [-0.1, -0.05) is 152 Å². The van der Waals surface area contributed by atoms with Gasteiger partial charge in [0.05, 0.1) is 33.5 Å². The van der Waals surface area contributed by atoms with Gasteiger partial charge in [0.2, 0.25) is 0 Å². The number of rotatable bonds is 6. The van der Waals surface area contributed by atoms with Crippen LogP contribution >= 0.6 is 0 Å². The van der Waals surface area contributed by atoms with Crippen molar-refractivity contribution in [3.8, 4) is 56.4 Å². The molecular formula is C58H36N4O. The van der Waals surface area contributed by atoms with E-state index in [4.69, 9.17) is 14.4 Å². The van der Waals surface area contributed by atoms with Crippen LogP contribution in [0.3, 0.4) is 0 Å². The quantitative estimate of drug-likeness (QED) is 0.168. The Bertz CT molecular complexity index is 3670. The SMILES string of the molecule is c1ccc(-c2nc(-c3ccc(-c4cc(-n5c6ccccc6c6ccccc65)cc(-n5c6ccccc6c6ccccc65)c4)cc3)cc(-c3ccc4c(c3)oc3ccccc34)n2)cc1. The molecule has 0 amide bonds. The van der Waals surface area contributed by atoms with Crippen molar-refractivity contribution in [2.75, 3.05) is 0 Å². The highest BCUT2D eigenvalue weighted by Gasteiger charge is 2.18. The van der Waals surface area contributed by atoms with Crippen LogP contribution in [0.5, 0.6) is 0 Å². The van der Waals surface area contributed by atoms with Crippen molar-refractivity contribution in [3.05, 3.63) is 218 Å². The van der Waals surface area contributed by atoms with E-state index >= 15 is 0 Å². The van der Waals surface area contributed by atoms with Crippen LogP contribution in [0.25, 0.3) is 122 Å². The van der Waals surface area contributed by atoms with Gasteiger partial charge in [-0.3, -0.25) is 0 Å². The lowest BCUT2D eigenvalue weighted by Gasteiger charge is -2.16. The second-order valence-electron chi connectivity index (χ2n) is 16.2. The van der Waals surface area contributed by atoms with E-state index in [0.29, 0.717) is 5.82 Å². The Morgan fingerprint density at radius 1 is 0.286 bits per heavy atom. The van der Waals surface area contributed by atoms with Crippen LogP contribution in [0.2, 0.25) is 0 Å². The van der Waals surface area contributed by atoms with Gasteiger partial charge in [-0.15, -0.1) is 0 Å². The molecule has 0 fully saturated rings. The van der Waals surface area contributed by atoms with E-state index in [1.165, 1.54) is 43.6 Å². The highest BCUT2D eigenvalue weighted by Crippen LogP contribution is 2.39. The van der Waals surface area contributed by atoms with Gasteiger partial charge in [0.25, 0.3) is 0 Å². The molecule has 9 aromatic carbocycles. The van der Waals surface area contributed by atoms with E-state index in [1.807, 2.05) is 36.4 Å². The Labute approximate surface area is 362 Å². The lowest BCUT2D eigenvalue weighted by Crippen LogP contribution is -2.00. The zero-order valence-corrected chi connectivity index (χ0v) is 34.0. The van der Waals surface area contributed by atoms with Crippen LogP contribution < -0.4 is 0 Å². The average molecular weight is 805 g/mol. The molecule has 63 heavy (non-hydrogen) atoms. The molecule has 0 radical (unpaired) electrons. The summed E-state index contributed by atoms with van der Waals surface area (Å²) in [6.45, 7) is 0. The fourth-order valence-corrected chi connectivity index (χ4v) is 9.60. The zero-order valence-electron chi connectivity index (χ0n) is 34.0. The number of benzene rings is 9. The Balaban J connectivity index is 0.982. The van der Waals surface area contributed by atoms with E-state index < -0.39 is 0 Å². The predicted octanol–water partition coefficient (Wildman–Crippen LogP) is 15.2. The molecule has 0 aliphatic heterocycles. The Morgan fingerprint density at radius 3 is 1.30 bits per heavy atom. The predicted molar refractivity (Wildman–Crippen MR) is 260 cm³/mol. The van der Waals surface area contributed by atoms with Crippen molar-refractivity contribution in [3.63, 3.8) is 0 Å². The highest BCUT2D eigenvalue weighted by atomic mass is 16.3. The summed E-state index contributed by atoms with van der Waals surface area (Å²) in [4.78, 5) is 10.3. The molecule has 4 aromatic heterocycles. The summed E-state index contributed by atoms with van der Waals surface area (Å²) in [7, 11) is 0. The maximum atomic E-state index is 6.30. The first-order chi connectivity index (χ1) is 31.2. The summed E-state index contributed by atoms with van der Waals surface area (Å²) in [5.41, 5.74) is 15.4. The molecule has 5 heteroatoms. The molecule has 13 rings (SSSR count). The molecule has 5 nitrogen and oxygen atoms in total. The number of aromatic nitrogens is 4. The van der Waals surface area contributed by atoms with E-state index in [2.05, 4.69) is 191 Å². The fraction of sp³-hybridized carbons (Fsp3) is 0. The maximum absolute atomic E-state index is 6.30. The molecule has 0 spiro atoms. The molecule has 13 aromatic rings. The third-order valence-electron chi connectivity index (χ3n) is 12.5. The van der Waals surface area contributed by atoms with E-state index in [-0.39, 0.29) is 0 Å². The Morgan fingerprint density at radius 2 is 0.730 bits per heavy atom. The van der Waals surface area contributed by atoms with E-state index in [9.17, 15) is 0 Å². The topological polar surface area (TPSA) is 48.8 Å². The van der Waals surface area contributed by atoms with Gasteiger partial charge in [-0.25, -0.2) is 9.97 Å². The summed E-state index contributed by atoms with van der Waals surface area (Å²) >= 11 is 0. The van der Waals surface area contributed by atoms with Crippen molar-refractivity contribution in [1.29, 1.82) is 0 Å². The van der Waals surface area contributed by atoms with Crippen LogP contribution in [-0.4, -0.2) is 19.1 Å². The molecule has 0 saturated carbocycles. The second-order valence-corrected chi connectivity index (χ2v) is 16.2. The summed E-state index contributed by atoms with van der Waals surface area (Å²) in [5.74, 6) is 0.673. The Kier molecular flexibility index (Phi) is 7.84.